The van der Waals surface area contributed by atoms with Crippen molar-refractivity contribution in [3.63, 3.8) is 0 Å². The summed E-state index contributed by atoms with van der Waals surface area (Å²) >= 11 is 0. The SMILES string of the molecule is NC(=O)CCC(NC(=O)C(CCC(N)=O)NC(=O)C(CCCN=C(N)N)NC(=O)C(N)CCCN=C(N)N)C(=O)O. The molecule has 0 saturated heterocycles. The van der Waals surface area contributed by atoms with E-state index in [1.54, 1.807) is 0 Å². The zero-order valence-electron chi connectivity index (χ0n) is 22.7. The number of nitrogens with one attached hydrogen (secondary N) is 3. The number of hydrogen-bond donors (Lipinski definition) is 11. The molecule has 41 heavy (non-hydrogen) atoms. The molecule has 232 valence electrons. The number of aliphatic carboxylic acids is 1. The highest BCUT2D eigenvalue weighted by atomic mass is 16.4. The minimum Gasteiger partial charge on any atom is -0.480 e. The van der Waals surface area contributed by atoms with Crippen LogP contribution in [0.4, 0.5) is 0 Å². The van der Waals surface area contributed by atoms with Gasteiger partial charge < -0.3 is 61.2 Å². The van der Waals surface area contributed by atoms with Crippen molar-refractivity contribution in [1.82, 2.24) is 16.0 Å². The molecule has 19 heteroatoms. The summed E-state index contributed by atoms with van der Waals surface area (Å²) in [5.41, 5.74) is 37.3. The highest BCUT2D eigenvalue weighted by molar-refractivity contribution is 5.94. The number of carboxylic acids is 1. The minimum atomic E-state index is -1.50. The topological polar surface area (TPSA) is 366 Å². The van der Waals surface area contributed by atoms with E-state index >= 15 is 0 Å². The largest absolute Gasteiger partial charge is 0.480 e. The van der Waals surface area contributed by atoms with E-state index in [1.807, 2.05) is 0 Å². The molecule has 0 aromatic heterocycles. The van der Waals surface area contributed by atoms with Gasteiger partial charge in [-0.05, 0) is 38.5 Å². The van der Waals surface area contributed by atoms with Crippen LogP contribution in [0.1, 0.15) is 51.4 Å². The monoisotopic (exact) mass is 586 g/mol. The molecule has 0 aliphatic rings. The summed E-state index contributed by atoms with van der Waals surface area (Å²) in [6, 6.07) is -5.16. The van der Waals surface area contributed by atoms with Crippen LogP contribution in [0, 0.1) is 0 Å². The third-order valence-electron chi connectivity index (χ3n) is 5.49. The first-order chi connectivity index (χ1) is 19.1. The van der Waals surface area contributed by atoms with Crippen LogP contribution in [0.15, 0.2) is 9.98 Å². The fourth-order valence-electron chi connectivity index (χ4n) is 3.35. The van der Waals surface area contributed by atoms with Crippen LogP contribution in [0.5, 0.6) is 0 Å². The lowest BCUT2D eigenvalue weighted by molar-refractivity contribution is -0.142. The second-order valence-electron chi connectivity index (χ2n) is 9.04. The van der Waals surface area contributed by atoms with Gasteiger partial charge in [0.2, 0.25) is 29.5 Å². The van der Waals surface area contributed by atoms with Crippen LogP contribution in [0.3, 0.4) is 0 Å². The standard InChI is InChI=1S/C22H42N12O7/c23-11(3-1-9-30-21(26)27)17(37)32-12(4-2-10-31-22(28)29)18(38)33-13(5-7-15(24)35)19(39)34-14(20(40)41)6-8-16(25)36/h11-14H,1-10,23H2,(H2,24,35)(H2,25,36)(H,32,37)(H,33,38)(H,34,39)(H,40,41)(H4,26,27,30)(H4,28,29,31). The predicted molar refractivity (Wildman–Crippen MR) is 148 cm³/mol. The van der Waals surface area contributed by atoms with Gasteiger partial charge in [-0.3, -0.25) is 34.0 Å². The molecule has 0 rings (SSSR count). The number of carbonyl (C=O) groups is 6. The van der Waals surface area contributed by atoms with E-state index in [0.717, 1.165) is 0 Å². The quantitative estimate of drug-likeness (QED) is 0.0341. The molecule has 0 bridgehead atoms. The van der Waals surface area contributed by atoms with Crippen molar-refractivity contribution in [1.29, 1.82) is 0 Å². The van der Waals surface area contributed by atoms with Gasteiger partial charge in [-0.25, -0.2) is 4.79 Å². The molecule has 0 saturated carbocycles. The van der Waals surface area contributed by atoms with E-state index in [9.17, 15) is 33.9 Å². The summed E-state index contributed by atoms with van der Waals surface area (Å²) in [5.74, 6) is -5.76. The van der Waals surface area contributed by atoms with E-state index < -0.39 is 59.7 Å². The second-order valence-corrected chi connectivity index (χ2v) is 9.04. The molecule has 0 fully saturated rings. The molecule has 0 spiro atoms. The number of hydrogen-bond acceptors (Lipinski definition) is 9. The van der Waals surface area contributed by atoms with Crippen molar-refractivity contribution in [3.8, 4) is 0 Å². The van der Waals surface area contributed by atoms with E-state index in [-0.39, 0.29) is 70.0 Å². The van der Waals surface area contributed by atoms with Crippen LogP contribution in [0.25, 0.3) is 0 Å². The van der Waals surface area contributed by atoms with Crippen molar-refractivity contribution in [3.05, 3.63) is 0 Å². The van der Waals surface area contributed by atoms with Gasteiger partial charge in [-0.2, -0.15) is 0 Å². The van der Waals surface area contributed by atoms with Crippen molar-refractivity contribution >= 4 is 47.4 Å². The molecule has 4 atom stereocenters. The summed E-state index contributed by atoms with van der Waals surface area (Å²) in [6.45, 7) is 0.359. The molecule has 5 amide bonds. The van der Waals surface area contributed by atoms with Crippen molar-refractivity contribution in [2.24, 2.45) is 50.1 Å². The predicted octanol–water partition coefficient (Wildman–Crippen LogP) is -5.51. The first-order valence-corrected chi connectivity index (χ1v) is 12.7. The summed E-state index contributed by atoms with van der Waals surface area (Å²) in [7, 11) is 0. The van der Waals surface area contributed by atoms with Crippen LogP contribution < -0.4 is 56.1 Å². The van der Waals surface area contributed by atoms with Gasteiger partial charge in [0.15, 0.2) is 11.9 Å². The van der Waals surface area contributed by atoms with Crippen LogP contribution >= 0.6 is 0 Å². The third kappa shape index (κ3) is 17.5. The normalized spacial score (nSPS) is 13.4. The van der Waals surface area contributed by atoms with Gasteiger partial charge in [0.25, 0.3) is 0 Å². The Morgan fingerprint density at radius 3 is 1.41 bits per heavy atom. The average molecular weight is 587 g/mol. The molecule has 0 radical (unpaired) electrons. The van der Waals surface area contributed by atoms with Gasteiger partial charge in [-0.1, -0.05) is 0 Å². The Hall–Kier alpha value is -4.68. The fourth-order valence-corrected chi connectivity index (χ4v) is 3.35. The van der Waals surface area contributed by atoms with Crippen molar-refractivity contribution < 1.29 is 33.9 Å². The molecule has 18 N–H and O–H groups in total. The van der Waals surface area contributed by atoms with Gasteiger partial charge in [-0.15, -0.1) is 0 Å². The Bertz CT molecular complexity index is 980. The Kier molecular flexibility index (Phi) is 17.2. The van der Waals surface area contributed by atoms with Gasteiger partial charge in [0.1, 0.15) is 18.1 Å². The van der Waals surface area contributed by atoms with Crippen LogP contribution in [0.2, 0.25) is 0 Å². The number of amides is 5. The molecule has 0 aliphatic heterocycles. The third-order valence-corrected chi connectivity index (χ3v) is 5.49. The van der Waals surface area contributed by atoms with E-state index in [0.29, 0.717) is 6.42 Å². The summed E-state index contributed by atoms with van der Waals surface area (Å²) in [5, 5.41) is 16.5. The van der Waals surface area contributed by atoms with Gasteiger partial charge in [0.05, 0.1) is 6.04 Å². The molecular weight excluding hydrogens is 544 g/mol. The molecule has 0 aliphatic carbocycles. The minimum absolute atomic E-state index is 0.0234. The molecule has 4 unspecified atom stereocenters. The Morgan fingerprint density at radius 1 is 0.585 bits per heavy atom. The number of aliphatic imine (C=N–C) groups is 2. The van der Waals surface area contributed by atoms with Gasteiger partial charge >= 0.3 is 5.97 Å². The van der Waals surface area contributed by atoms with E-state index in [4.69, 9.17) is 40.1 Å². The maximum absolute atomic E-state index is 13.2. The molecule has 19 nitrogen and oxygen atoms in total. The second kappa shape index (κ2) is 19.4. The highest BCUT2D eigenvalue weighted by Gasteiger charge is 2.30. The smallest absolute Gasteiger partial charge is 0.326 e. The average Bonchev–Trinajstić information content (AvgIpc) is 2.87. The lowest BCUT2D eigenvalue weighted by Gasteiger charge is -2.25. The zero-order valence-corrected chi connectivity index (χ0v) is 22.7. The number of carbonyl (C=O) groups excluding carboxylic acids is 5. The first-order valence-electron chi connectivity index (χ1n) is 12.7. The summed E-state index contributed by atoms with van der Waals surface area (Å²) in [4.78, 5) is 80.3. The van der Waals surface area contributed by atoms with E-state index in [1.165, 1.54) is 0 Å². The first kappa shape index (κ1) is 36.3. The van der Waals surface area contributed by atoms with E-state index in [2.05, 4.69) is 25.9 Å². The van der Waals surface area contributed by atoms with Gasteiger partial charge in [0, 0.05) is 25.9 Å². The number of carboxylic acid groups (broad SMARTS) is 1. The lowest BCUT2D eigenvalue weighted by atomic mass is 10.0. The number of nitrogens with two attached hydrogens (primary N) is 7. The lowest BCUT2D eigenvalue weighted by Crippen LogP contribution is -2.57. The maximum atomic E-state index is 13.2. The molecule has 0 aromatic rings. The maximum Gasteiger partial charge on any atom is 0.326 e. The number of primary amides is 2. The highest BCUT2D eigenvalue weighted by Crippen LogP contribution is 2.06. The Morgan fingerprint density at radius 2 is 0.976 bits per heavy atom. The Balaban J connectivity index is 5.68. The molecule has 0 aromatic carbocycles. The number of guanidine groups is 2. The number of nitrogens with zero attached hydrogens (tertiary/aromatic N) is 2. The van der Waals surface area contributed by atoms with Crippen molar-refractivity contribution in [2.45, 2.75) is 75.5 Å². The summed E-state index contributed by atoms with van der Waals surface area (Å²) in [6.07, 6.45) is -0.422. The van der Waals surface area contributed by atoms with Crippen molar-refractivity contribution in [2.75, 3.05) is 13.1 Å². The molecule has 0 heterocycles. The zero-order chi connectivity index (χ0) is 31.5. The van der Waals surface area contributed by atoms with Crippen LogP contribution in [-0.2, 0) is 28.8 Å². The fraction of sp³-hybridized carbons (Fsp3) is 0.636. The summed E-state index contributed by atoms with van der Waals surface area (Å²) < 4.78 is 0. The molecular formula is C22H42N12O7. The Labute approximate surface area is 236 Å². The number of rotatable bonds is 21. The van der Waals surface area contributed by atoms with Crippen LogP contribution in [-0.4, -0.2) is 89.8 Å².